The maximum Gasteiger partial charge on any atom is 0.280 e. The van der Waals surface area contributed by atoms with Crippen molar-refractivity contribution in [1.29, 1.82) is 0 Å². The molecular weight excluding hydrogens is 241 g/mol. The van der Waals surface area contributed by atoms with Crippen LogP contribution in [0.15, 0.2) is 41.4 Å². The van der Waals surface area contributed by atoms with E-state index in [9.17, 15) is 9.18 Å². The van der Waals surface area contributed by atoms with Gasteiger partial charge in [0.25, 0.3) is 5.91 Å². The van der Waals surface area contributed by atoms with Crippen LogP contribution in [-0.4, -0.2) is 11.9 Å². The number of fused-ring (bicyclic) bond motifs is 4. The molecule has 0 saturated carbocycles. The highest BCUT2D eigenvalue weighted by Crippen LogP contribution is 2.16. The number of amides is 1. The third-order valence-electron chi connectivity index (χ3n) is 3.53. The fraction of sp³-hybridized carbons (Fsp3) is 0. The zero-order valence-electron chi connectivity index (χ0n) is 9.85. The number of rotatable bonds is 0. The van der Waals surface area contributed by atoms with E-state index in [1.54, 1.807) is 6.07 Å². The van der Waals surface area contributed by atoms with Crippen LogP contribution in [0.25, 0.3) is 12.2 Å². The second-order valence-corrected chi connectivity index (χ2v) is 4.61. The molecule has 1 aliphatic carbocycles. The summed E-state index contributed by atoms with van der Waals surface area (Å²) in [5, 5.41) is 3.78. The summed E-state index contributed by atoms with van der Waals surface area (Å²) >= 11 is 0. The Kier molecular flexibility index (Phi) is 1.90. The Hall–Kier alpha value is -2.55. The van der Waals surface area contributed by atoms with Gasteiger partial charge in [-0.3, -0.25) is 4.79 Å². The Morgan fingerprint density at radius 2 is 1.74 bits per heavy atom. The molecular formula is C16H8FNO. The van der Waals surface area contributed by atoms with Crippen LogP contribution in [-0.2, 0) is 0 Å². The van der Waals surface area contributed by atoms with Crippen LogP contribution in [0.5, 0.6) is 0 Å². The lowest BCUT2D eigenvalue weighted by Crippen LogP contribution is -2.21. The smallest absolute Gasteiger partial charge is 0.267 e. The minimum Gasteiger partial charge on any atom is -0.267 e. The molecule has 90 valence electrons. The molecule has 2 nitrogen and oxygen atoms in total. The lowest BCUT2D eigenvalue weighted by atomic mass is 10.0. The maximum absolute atomic E-state index is 13.2. The third kappa shape index (κ3) is 1.35. The number of carbonyl (C=O) groups excluding carboxylic acids is 1. The average Bonchev–Trinajstić information content (AvgIpc) is 2.76. The van der Waals surface area contributed by atoms with Crippen LogP contribution >= 0.6 is 0 Å². The van der Waals surface area contributed by atoms with Crippen LogP contribution in [0.4, 0.5) is 4.39 Å². The fourth-order valence-electron chi connectivity index (χ4n) is 2.72. The van der Waals surface area contributed by atoms with E-state index in [1.165, 1.54) is 6.08 Å². The lowest BCUT2D eigenvalue weighted by Gasteiger charge is -2.06. The normalized spacial score (nSPS) is 14.8. The first-order chi connectivity index (χ1) is 9.24. The first-order valence-corrected chi connectivity index (χ1v) is 5.98. The van der Waals surface area contributed by atoms with Gasteiger partial charge in [0.05, 0.1) is 5.56 Å². The van der Waals surface area contributed by atoms with Crippen LogP contribution < -0.4 is 10.4 Å². The summed E-state index contributed by atoms with van der Waals surface area (Å²) in [6.07, 6.45) is 3.27. The van der Waals surface area contributed by atoms with Crippen molar-refractivity contribution in [2.75, 3.05) is 0 Å². The minimum absolute atomic E-state index is 0.495. The Bertz CT molecular complexity index is 986. The predicted octanol–water partition coefficient (Wildman–Crippen LogP) is 1.42. The van der Waals surface area contributed by atoms with Crippen molar-refractivity contribution in [3.05, 3.63) is 68.4 Å². The zero-order chi connectivity index (χ0) is 13.0. The highest BCUT2D eigenvalue weighted by molar-refractivity contribution is 6.16. The molecule has 1 heterocycles. The molecule has 4 rings (SSSR count). The number of aliphatic imine (C=N–C) groups is 1. The van der Waals surface area contributed by atoms with Crippen LogP contribution in [0, 0.1) is 10.4 Å². The topological polar surface area (TPSA) is 29.4 Å². The molecule has 2 aromatic rings. The molecule has 2 aromatic carbocycles. The van der Waals surface area contributed by atoms with Crippen molar-refractivity contribution in [1.82, 2.24) is 0 Å². The molecule has 1 amide bonds. The summed E-state index contributed by atoms with van der Waals surface area (Å²) in [6.45, 7) is 0. The van der Waals surface area contributed by atoms with Gasteiger partial charge in [-0.1, -0.05) is 36.4 Å². The van der Waals surface area contributed by atoms with Crippen molar-refractivity contribution < 1.29 is 9.18 Å². The second kappa shape index (κ2) is 3.48. The van der Waals surface area contributed by atoms with Crippen molar-refractivity contribution >= 4 is 24.0 Å². The van der Waals surface area contributed by atoms with Crippen LogP contribution in [0.1, 0.15) is 15.9 Å². The molecule has 19 heavy (non-hydrogen) atoms. The Labute approximate surface area is 107 Å². The quantitative estimate of drug-likeness (QED) is 0.592. The minimum atomic E-state index is -0.729. The van der Waals surface area contributed by atoms with E-state index in [0.29, 0.717) is 10.8 Å². The van der Waals surface area contributed by atoms with Crippen molar-refractivity contribution in [2.45, 2.75) is 0 Å². The molecule has 0 aromatic heterocycles. The van der Waals surface area contributed by atoms with Gasteiger partial charge in [-0.05, 0) is 32.5 Å². The lowest BCUT2D eigenvalue weighted by molar-refractivity contribution is 0.1000. The van der Waals surface area contributed by atoms with Crippen molar-refractivity contribution in [3.8, 4) is 0 Å². The van der Waals surface area contributed by atoms with Crippen LogP contribution in [0.2, 0.25) is 0 Å². The highest BCUT2D eigenvalue weighted by Gasteiger charge is 2.19. The summed E-state index contributed by atoms with van der Waals surface area (Å²) in [4.78, 5) is 15.3. The molecule has 0 saturated heterocycles. The number of benzene rings is 2. The molecule has 0 unspecified atom stereocenters. The first kappa shape index (κ1) is 10.4. The van der Waals surface area contributed by atoms with Gasteiger partial charge in [-0.25, -0.2) is 0 Å². The number of hydrogen-bond acceptors (Lipinski definition) is 1. The first-order valence-electron chi connectivity index (χ1n) is 5.98. The molecule has 0 bridgehead atoms. The number of hydrogen-bond donors (Lipinski definition) is 0. The number of nitrogens with zero attached hydrogens (tertiary/aromatic N) is 1. The molecule has 2 aliphatic rings. The van der Waals surface area contributed by atoms with E-state index in [-0.39, 0.29) is 0 Å². The van der Waals surface area contributed by atoms with Gasteiger partial charge < -0.3 is 0 Å². The number of halogens is 1. The Morgan fingerprint density at radius 3 is 2.63 bits per heavy atom. The van der Waals surface area contributed by atoms with E-state index >= 15 is 0 Å². The van der Waals surface area contributed by atoms with Gasteiger partial charge in [-0.15, -0.1) is 0 Å². The average molecular weight is 249 g/mol. The number of carbonyl (C=O) groups is 1. The maximum atomic E-state index is 13.2. The van der Waals surface area contributed by atoms with Crippen molar-refractivity contribution in [3.63, 3.8) is 0 Å². The molecule has 0 N–H and O–H groups in total. The molecule has 0 atom stereocenters. The fourth-order valence-corrected chi connectivity index (χ4v) is 2.72. The van der Waals surface area contributed by atoms with E-state index in [0.717, 1.165) is 21.2 Å². The van der Waals surface area contributed by atoms with E-state index in [4.69, 9.17) is 0 Å². The van der Waals surface area contributed by atoms with Gasteiger partial charge in [0, 0.05) is 6.08 Å². The summed E-state index contributed by atoms with van der Waals surface area (Å²) in [5.74, 6) is -1.23. The largest absolute Gasteiger partial charge is 0.280 e. The van der Waals surface area contributed by atoms with Gasteiger partial charge in [0.1, 0.15) is 0 Å². The van der Waals surface area contributed by atoms with Crippen LogP contribution in [0.3, 0.4) is 0 Å². The molecule has 0 spiro atoms. The predicted molar refractivity (Wildman–Crippen MR) is 70.7 cm³/mol. The van der Waals surface area contributed by atoms with E-state index in [1.807, 2.05) is 36.4 Å². The summed E-state index contributed by atoms with van der Waals surface area (Å²) in [7, 11) is 0. The van der Waals surface area contributed by atoms with E-state index < -0.39 is 11.9 Å². The van der Waals surface area contributed by atoms with Gasteiger partial charge in [-0.2, -0.15) is 9.38 Å². The Balaban J connectivity index is 2.25. The molecule has 0 fully saturated rings. The monoisotopic (exact) mass is 249 g/mol. The standard InChI is InChI=1S/C16H8FNO/c17-14-8-10-5-6-12-11-4-2-1-3-9(11)7-13(12)15(10)16(19)18-14/h1-8H. The molecule has 3 heteroatoms. The second-order valence-electron chi connectivity index (χ2n) is 4.61. The summed E-state index contributed by atoms with van der Waals surface area (Å²) in [5.41, 5.74) is 1.34. The third-order valence-corrected chi connectivity index (χ3v) is 3.53. The molecule has 1 aliphatic heterocycles. The Morgan fingerprint density at radius 1 is 0.895 bits per heavy atom. The van der Waals surface area contributed by atoms with Gasteiger partial charge >= 0.3 is 0 Å². The van der Waals surface area contributed by atoms with E-state index in [2.05, 4.69) is 4.99 Å². The molecule has 0 radical (unpaired) electrons. The SMILES string of the molecule is O=C1N=C(F)C=c2ccc3c(c21)C=c1ccccc1=3. The summed E-state index contributed by atoms with van der Waals surface area (Å²) < 4.78 is 13.2. The zero-order valence-corrected chi connectivity index (χ0v) is 9.85. The van der Waals surface area contributed by atoms with Gasteiger partial charge in [0.15, 0.2) is 0 Å². The summed E-state index contributed by atoms with van der Waals surface area (Å²) in [6, 6.07) is 11.6. The highest BCUT2D eigenvalue weighted by atomic mass is 19.1. The van der Waals surface area contributed by atoms with Crippen molar-refractivity contribution in [2.24, 2.45) is 4.99 Å². The van der Waals surface area contributed by atoms with Gasteiger partial charge in [0.2, 0.25) is 5.97 Å².